The van der Waals surface area contributed by atoms with Gasteiger partial charge in [0.25, 0.3) is 11.0 Å². The fourth-order valence-corrected chi connectivity index (χ4v) is 4.99. The Balaban J connectivity index is 1.26. The minimum Gasteiger partial charge on any atom is -0.462 e. The lowest BCUT2D eigenvalue weighted by atomic mass is 10.1. The van der Waals surface area contributed by atoms with Crippen LogP contribution in [0.2, 0.25) is 0 Å². The van der Waals surface area contributed by atoms with Crippen LogP contribution in [0.15, 0.2) is 69.7 Å². The predicted molar refractivity (Wildman–Crippen MR) is 130 cm³/mol. The number of anilines is 1. The van der Waals surface area contributed by atoms with Crippen LogP contribution in [-0.2, 0) is 16.0 Å². The first-order valence-corrected chi connectivity index (χ1v) is 13.5. The summed E-state index contributed by atoms with van der Waals surface area (Å²) in [7, 11) is -3.28. The number of fused-ring (bicyclic) bond motifs is 1. The molecule has 1 unspecified atom stereocenters. The van der Waals surface area contributed by atoms with Gasteiger partial charge in [0.15, 0.2) is 9.84 Å². The second-order valence-corrected chi connectivity index (χ2v) is 11.1. The molecule has 4 heterocycles. The number of halogens is 3. The standard InChI is InChI=1S/C23H18F3N5O4S2/c1-13(14-9-11-31(12-10-14)21-29-20(30-35-21)23(24,25)26)34-22-28-18-8-7-17(27-19(18)36-22)15-3-5-16(6-4-15)37(2,32)33/h3-11,13H,12H2,1-2H3. The van der Waals surface area contributed by atoms with E-state index >= 15 is 0 Å². The Bertz CT molecular complexity index is 1630. The highest BCUT2D eigenvalue weighted by atomic mass is 32.2. The van der Waals surface area contributed by atoms with Gasteiger partial charge < -0.3 is 9.26 Å². The lowest BCUT2D eigenvalue weighted by Gasteiger charge is -2.21. The Morgan fingerprint density at radius 2 is 1.86 bits per heavy atom. The van der Waals surface area contributed by atoms with Crippen molar-refractivity contribution in [3.05, 3.63) is 66.1 Å². The molecular formula is C23H18F3N5O4S2. The Kier molecular flexibility index (Phi) is 6.23. The summed E-state index contributed by atoms with van der Waals surface area (Å²) in [4.78, 5) is 14.8. The van der Waals surface area contributed by atoms with Crippen molar-refractivity contribution in [2.75, 3.05) is 17.7 Å². The van der Waals surface area contributed by atoms with Crippen molar-refractivity contribution in [1.29, 1.82) is 0 Å². The fourth-order valence-electron chi connectivity index (χ4n) is 3.50. The van der Waals surface area contributed by atoms with Crippen LogP contribution in [-0.4, -0.2) is 47.4 Å². The maximum absolute atomic E-state index is 12.7. The van der Waals surface area contributed by atoms with E-state index in [1.807, 2.05) is 13.0 Å². The predicted octanol–water partition coefficient (Wildman–Crippen LogP) is 4.89. The van der Waals surface area contributed by atoms with Gasteiger partial charge in [-0.1, -0.05) is 29.5 Å². The molecule has 5 rings (SSSR count). The van der Waals surface area contributed by atoms with Gasteiger partial charge >= 0.3 is 12.2 Å². The summed E-state index contributed by atoms with van der Waals surface area (Å²) >= 11 is 1.27. The smallest absolute Gasteiger partial charge is 0.455 e. The number of hydrogen-bond acceptors (Lipinski definition) is 10. The third kappa shape index (κ3) is 5.34. The molecule has 4 aromatic rings. The van der Waals surface area contributed by atoms with Gasteiger partial charge in [0.05, 0.1) is 10.6 Å². The second-order valence-electron chi connectivity index (χ2n) is 8.13. The molecule has 1 aromatic carbocycles. The summed E-state index contributed by atoms with van der Waals surface area (Å²) in [6, 6.07) is 9.84. The molecule has 37 heavy (non-hydrogen) atoms. The monoisotopic (exact) mass is 549 g/mol. The molecule has 0 amide bonds. The van der Waals surface area contributed by atoms with Crippen LogP contribution in [0.3, 0.4) is 0 Å². The number of benzene rings is 1. The van der Waals surface area contributed by atoms with Crippen LogP contribution in [0, 0.1) is 0 Å². The van der Waals surface area contributed by atoms with E-state index in [4.69, 9.17) is 9.26 Å². The van der Waals surface area contributed by atoms with Crippen LogP contribution in [0.1, 0.15) is 12.7 Å². The quantitative estimate of drug-likeness (QED) is 0.332. The Morgan fingerprint density at radius 1 is 1.11 bits per heavy atom. The molecule has 0 spiro atoms. The number of ether oxygens (including phenoxy) is 1. The van der Waals surface area contributed by atoms with Gasteiger partial charge in [-0.25, -0.2) is 18.4 Å². The van der Waals surface area contributed by atoms with Crippen molar-refractivity contribution < 1.29 is 30.8 Å². The molecule has 0 aliphatic carbocycles. The van der Waals surface area contributed by atoms with Crippen molar-refractivity contribution in [2.45, 2.75) is 24.1 Å². The molecule has 3 aromatic heterocycles. The van der Waals surface area contributed by atoms with Crippen molar-refractivity contribution in [3.63, 3.8) is 0 Å². The molecule has 0 saturated heterocycles. The van der Waals surface area contributed by atoms with Crippen LogP contribution in [0.4, 0.5) is 19.2 Å². The van der Waals surface area contributed by atoms with Gasteiger partial charge in [-0.05, 0) is 48.0 Å². The molecule has 0 saturated carbocycles. The second kappa shape index (κ2) is 9.27. The summed E-state index contributed by atoms with van der Waals surface area (Å²) in [5, 5.41) is 3.37. The van der Waals surface area contributed by atoms with Crippen LogP contribution in [0.25, 0.3) is 21.6 Å². The first-order valence-electron chi connectivity index (χ1n) is 10.8. The number of sulfone groups is 1. The SMILES string of the molecule is CC(Oc1nc2ccc(-c3ccc(S(C)(=O)=O)cc3)nc2s1)C1=CCN(c2nc(C(F)(F)F)no2)C=C1. The molecular weight excluding hydrogens is 531 g/mol. The highest BCUT2D eigenvalue weighted by molar-refractivity contribution is 7.90. The molecule has 192 valence electrons. The van der Waals surface area contributed by atoms with E-state index in [1.165, 1.54) is 16.2 Å². The molecule has 14 heteroatoms. The summed E-state index contributed by atoms with van der Waals surface area (Å²) in [5.74, 6) is -1.33. The minimum absolute atomic E-state index is 0.224. The summed E-state index contributed by atoms with van der Waals surface area (Å²) < 4.78 is 72.2. The molecule has 9 nitrogen and oxygen atoms in total. The zero-order valence-corrected chi connectivity index (χ0v) is 20.9. The number of nitrogens with zero attached hydrogens (tertiary/aromatic N) is 5. The van der Waals surface area contributed by atoms with Crippen molar-refractivity contribution in [3.8, 4) is 16.5 Å². The molecule has 1 aliphatic heterocycles. The summed E-state index contributed by atoms with van der Waals surface area (Å²) in [6.45, 7) is 2.05. The van der Waals surface area contributed by atoms with Gasteiger partial charge in [-0.15, -0.1) is 0 Å². The number of hydrogen-bond donors (Lipinski definition) is 0. The zero-order valence-electron chi connectivity index (χ0n) is 19.3. The molecule has 0 radical (unpaired) electrons. The van der Waals surface area contributed by atoms with Crippen molar-refractivity contribution in [2.24, 2.45) is 0 Å². The van der Waals surface area contributed by atoms with Crippen LogP contribution < -0.4 is 9.64 Å². The van der Waals surface area contributed by atoms with E-state index in [1.54, 1.807) is 48.7 Å². The molecule has 0 fully saturated rings. The topological polar surface area (TPSA) is 111 Å². The average Bonchev–Trinajstić information content (AvgIpc) is 3.50. The maximum atomic E-state index is 12.7. The Labute approximate surface area is 212 Å². The number of pyridine rings is 1. The summed E-state index contributed by atoms with van der Waals surface area (Å²) in [6.07, 6.45) is 1.10. The number of thiazole rings is 1. The fraction of sp³-hybridized carbons (Fsp3) is 0.217. The van der Waals surface area contributed by atoms with E-state index in [2.05, 4.69) is 20.1 Å². The van der Waals surface area contributed by atoms with Gasteiger partial charge in [0, 0.05) is 24.6 Å². The van der Waals surface area contributed by atoms with Crippen LogP contribution >= 0.6 is 11.3 Å². The molecule has 1 aliphatic rings. The van der Waals surface area contributed by atoms with E-state index < -0.39 is 27.9 Å². The number of alkyl halides is 3. The van der Waals surface area contributed by atoms with Gasteiger partial charge in [-0.3, -0.25) is 4.90 Å². The third-order valence-electron chi connectivity index (χ3n) is 5.45. The van der Waals surface area contributed by atoms with E-state index in [0.717, 1.165) is 17.4 Å². The number of rotatable bonds is 6. The van der Waals surface area contributed by atoms with Gasteiger partial charge in [0.1, 0.15) is 16.5 Å². The number of aromatic nitrogens is 4. The molecule has 0 bridgehead atoms. The molecule has 0 N–H and O–H groups in total. The average molecular weight is 550 g/mol. The van der Waals surface area contributed by atoms with Gasteiger partial charge in [0.2, 0.25) is 0 Å². The largest absolute Gasteiger partial charge is 0.462 e. The Morgan fingerprint density at radius 3 is 2.49 bits per heavy atom. The highest BCUT2D eigenvalue weighted by Crippen LogP contribution is 2.32. The minimum atomic E-state index is -4.68. The first-order chi connectivity index (χ1) is 17.5. The van der Waals surface area contributed by atoms with Crippen molar-refractivity contribution >= 4 is 37.5 Å². The lowest BCUT2D eigenvalue weighted by molar-refractivity contribution is -0.146. The van der Waals surface area contributed by atoms with E-state index in [-0.39, 0.29) is 17.5 Å². The van der Waals surface area contributed by atoms with E-state index in [0.29, 0.717) is 21.2 Å². The Hall–Kier alpha value is -3.78. The third-order valence-corrected chi connectivity index (χ3v) is 7.43. The first kappa shape index (κ1) is 24.9. The molecule has 1 atom stereocenters. The van der Waals surface area contributed by atoms with E-state index in [9.17, 15) is 21.6 Å². The highest BCUT2D eigenvalue weighted by Gasteiger charge is 2.38. The van der Waals surface area contributed by atoms with Gasteiger partial charge in [-0.2, -0.15) is 18.2 Å². The lowest BCUT2D eigenvalue weighted by Crippen LogP contribution is -2.23. The van der Waals surface area contributed by atoms with Crippen LogP contribution in [0.5, 0.6) is 5.19 Å². The zero-order chi connectivity index (χ0) is 26.4. The van der Waals surface area contributed by atoms with Crippen molar-refractivity contribution in [1.82, 2.24) is 20.1 Å². The normalized spacial score (nSPS) is 15.2. The maximum Gasteiger partial charge on any atom is 0.455 e. The summed E-state index contributed by atoms with van der Waals surface area (Å²) in [5.41, 5.74) is 2.89.